The molecule has 0 radical (unpaired) electrons. The lowest BCUT2D eigenvalue weighted by Crippen LogP contribution is -2.58. The molecule has 1 unspecified atom stereocenters. The fraction of sp³-hybridized carbons (Fsp3) is 0.333. The van der Waals surface area contributed by atoms with Crippen molar-refractivity contribution in [1.82, 2.24) is 15.2 Å². The highest BCUT2D eigenvalue weighted by Crippen LogP contribution is 2.11. The molecule has 1 N–H and O–H groups in total. The number of amides is 3. The molecule has 1 saturated heterocycles. The molecule has 1 atom stereocenters. The van der Waals surface area contributed by atoms with Gasteiger partial charge in [-0.15, -0.1) is 0 Å². The number of hydrogen-bond acceptors (Lipinski definition) is 4. The van der Waals surface area contributed by atoms with E-state index in [1.807, 2.05) is 6.92 Å². The SMILES string of the molecule is Cc1cncc(C(=O)N2CC(=O)NC(=O)C2C)c1. The Morgan fingerprint density at radius 3 is 2.83 bits per heavy atom. The highest BCUT2D eigenvalue weighted by atomic mass is 16.2. The molecular formula is C12H13N3O3. The summed E-state index contributed by atoms with van der Waals surface area (Å²) in [5, 5.41) is 2.19. The second-order valence-electron chi connectivity index (χ2n) is 4.27. The van der Waals surface area contributed by atoms with E-state index in [4.69, 9.17) is 0 Å². The molecular weight excluding hydrogens is 234 g/mol. The van der Waals surface area contributed by atoms with Crippen LogP contribution in [0.25, 0.3) is 0 Å². The zero-order valence-corrected chi connectivity index (χ0v) is 10.1. The summed E-state index contributed by atoms with van der Waals surface area (Å²) in [6.07, 6.45) is 3.06. The average molecular weight is 247 g/mol. The second-order valence-corrected chi connectivity index (χ2v) is 4.27. The van der Waals surface area contributed by atoms with Gasteiger partial charge in [0.25, 0.3) is 5.91 Å². The fourth-order valence-corrected chi connectivity index (χ4v) is 1.80. The molecule has 0 spiro atoms. The number of carbonyl (C=O) groups is 3. The lowest BCUT2D eigenvalue weighted by molar-refractivity contribution is -0.138. The minimum atomic E-state index is -0.657. The van der Waals surface area contributed by atoms with E-state index in [0.717, 1.165) is 5.56 Å². The van der Waals surface area contributed by atoms with Crippen molar-refractivity contribution < 1.29 is 14.4 Å². The fourth-order valence-electron chi connectivity index (χ4n) is 1.80. The van der Waals surface area contributed by atoms with Crippen LogP contribution in [0.4, 0.5) is 0 Å². The van der Waals surface area contributed by atoms with Crippen molar-refractivity contribution in [3.63, 3.8) is 0 Å². The van der Waals surface area contributed by atoms with Crippen molar-refractivity contribution in [3.05, 3.63) is 29.6 Å². The van der Waals surface area contributed by atoms with Crippen LogP contribution in [0.3, 0.4) is 0 Å². The minimum absolute atomic E-state index is 0.111. The molecule has 1 aliphatic rings. The van der Waals surface area contributed by atoms with Crippen molar-refractivity contribution in [2.24, 2.45) is 0 Å². The van der Waals surface area contributed by atoms with Crippen LogP contribution in [0, 0.1) is 6.92 Å². The quantitative estimate of drug-likeness (QED) is 0.701. The maximum Gasteiger partial charge on any atom is 0.256 e. The number of rotatable bonds is 1. The third-order valence-electron chi connectivity index (χ3n) is 2.81. The summed E-state index contributed by atoms with van der Waals surface area (Å²) in [5.41, 5.74) is 1.23. The van der Waals surface area contributed by atoms with Crippen LogP contribution < -0.4 is 5.32 Å². The topological polar surface area (TPSA) is 79.4 Å². The Labute approximate surface area is 104 Å². The molecule has 0 saturated carbocycles. The minimum Gasteiger partial charge on any atom is -0.318 e. The summed E-state index contributed by atoms with van der Waals surface area (Å²) in [7, 11) is 0. The van der Waals surface area contributed by atoms with Crippen LogP contribution in [0.2, 0.25) is 0 Å². The van der Waals surface area contributed by atoms with Crippen molar-refractivity contribution in [2.45, 2.75) is 19.9 Å². The van der Waals surface area contributed by atoms with Gasteiger partial charge in [0.05, 0.1) is 5.56 Å². The number of aromatic nitrogens is 1. The lowest BCUT2D eigenvalue weighted by Gasteiger charge is -2.31. The van der Waals surface area contributed by atoms with Crippen LogP contribution in [-0.4, -0.2) is 40.2 Å². The van der Waals surface area contributed by atoms with Crippen LogP contribution in [0.1, 0.15) is 22.8 Å². The number of carbonyl (C=O) groups excluding carboxylic acids is 3. The monoisotopic (exact) mass is 247 g/mol. The number of hydrogen-bond donors (Lipinski definition) is 1. The Morgan fingerprint density at radius 1 is 1.44 bits per heavy atom. The molecule has 0 bridgehead atoms. The Hall–Kier alpha value is -2.24. The summed E-state index contributed by atoms with van der Waals surface area (Å²) in [4.78, 5) is 40.2. The number of nitrogens with one attached hydrogen (secondary N) is 1. The van der Waals surface area contributed by atoms with E-state index in [9.17, 15) is 14.4 Å². The summed E-state index contributed by atoms with van der Waals surface area (Å²) in [6, 6.07) is 1.02. The maximum atomic E-state index is 12.2. The molecule has 1 aromatic heterocycles. The van der Waals surface area contributed by atoms with Gasteiger partial charge in [-0.1, -0.05) is 0 Å². The third kappa shape index (κ3) is 2.22. The molecule has 0 aliphatic carbocycles. The largest absolute Gasteiger partial charge is 0.318 e. The molecule has 3 amide bonds. The number of pyridine rings is 1. The molecule has 1 fully saturated rings. The van der Waals surface area contributed by atoms with Gasteiger partial charge in [0.1, 0.15) is 12.6 Å². The van der Waals surface area contributed by atoms with E-state index in [2.05, 4.69) is 10.3 Å². The van der Waals surface area contributed by atoms with E-state index < -0.39 is 17.9 Å². The number of imide groups is 1. The molecule has 0 aromatic carbocycles. The van der Waals surface area contributed by atoms with Crippen molar-refractivity contribution in [2.75, 3.05) is 6.54 Å². The van der Waals surface area contributed by atoms with Gasteiger partial charge < -0.3 is 4.90 Å². The summed E-state index contributed by atoms with van der Waals surface area (Å²) < 4.78 is 0. The first-order valence-electron chi connectivity index (χ1n) is 5.55. The Balaban J connectivity index is 2.27. The van der Waals surface area contributed by atoms with E-state index in [1.54, 1.807) is 19.2 Å². The van der Waals surface area contributed by atoms with Crippen molar-refractivity contribution in [1.29, 1.82) is 0 Å². The predicted octanol–water partition coefficient (Wildman–Crippen LogP) is -0.123. The van der Waals surface area contributed by atoms with E-state index >= 15 is 0 Å². The van der Waals surface area contributed by atoms with Crippen molar-refractivity contribution in [3.8, 4) is 0 Å². The van der Waals surface area contributed by atoms with E-state index in [1.165, 1.54) is 11.1 Å². The van der Waals surface area contributed by atoms with Gasteiger partial charge in [-0.25, -0.2) is 0 Å². The average Bonchev–Trinajstić information content (AvgIpc) is 2.33. The predicted molar refractivity (Wildman–Crippen MR) is 62.6 cm³/mol. The normalized spacial score (nSPS) is 19.7. The zero-order valence-electron chi connectivity index (χ0n) is 10.1. The van der Waals surface area contributed by atoms with Gasteiger partial charge in [-0.2, -0.15) is 0 Å². The second kappa shape index (κ2) is 4.56. The summed E-state index contributed by atoms with van der Waals surface area (Å²) in [6.45, 7) is 3.30. The van der Waals surface area contributed by atoms with Crippen molar-refractivity contribution >= 4 is 17.7 Å². The van der Waals surface area contributed by atoms with Crippen LogP contribution in [0.15, 0.2) is 18.5 Å². The first kappa shape index (κ1) is 12.2. The van der Waals surface area contributed by atoms with Crippen LogP contribution >= 0.6 is 0 Å². The Bertz CT molecular complexity index is 527. The van der Waals surface area contributed by atoms with Gasteiger partial charge in [0.15, 0.2) is 0 Å². The van der Waals surface area contributed by atoms with E-state index in [-0.39, 0.29) is 12.5 Å². The number of aryl methyl sites for hydroxylation is 1. The number of nitrogens with zero attached hydrogens (tertiary/aromatic N) is 2. The van der Waals surface area contributed by atoms with Crippen LogP contribution in [0.5, 0.6) is 0 Å². The summed E-state index contributed by atoms with van der Waals surface area (Å²) in [5.74, 6) is -1.28. The third-order valence-corrected chi connectivity index (χ3v) is 2.81. The molecule has 1 aliphatic heterocycles. The molecule has 94 valence electrons. The molecule has 2 rings (SSSR count). The maximum absolute atomic E-state index is 12.2. The zero-order chi connectivity index (χ0) is 13.3. The molecule has 6 nitrogen and oxygen atoms in total. The van der Waals surface area contributed by atoms with E-state index in [0.29, 0.717) is 5.56 Å². The highest BCUT2D eigenvalue weighted by molar-refractivity contribution is 6.07. The standard InChI is InChI=1S/C12H13N3O3/c1-7-3-9(5-13-4-7)12(18)15-6-10(16)14-11(17)8(15)2/h3-5,8H,6H2,1-2H3,(H,14,16,17). The van der Waals surface area contributed by atoms with Gasteiger partial charge in [0.2, 0.25) is 11.8 Å². The highest BCUT2D eigenvalue weighted by Gasteiger charge is 2.33. The lowest BCUT2D eigenvalue weighted by atomic mass is 10.1. The van der Waals surface area contributed by atoms with Gasteiger partial charge in [0, 0.05) is 12.4 Å². The molecule has 1 aromatic rings. The first-order chi connectivity index (χ1) is 8.49. The smallest absolute Gasteiger partial charge is 0.256 e. The van der Waals surface area contributed by atoms with Crippen LogP contribution in [-0.2, 0) is 9.59 Å². The van der Waals surface area contributed by atoms with Gasteiger partial charge >= 0.3 is 0 Å². The molecule has 6 heteroatoms. The number of piperazine rings is 1. The Kier molecular flexibility index (Phi) is 3.10. The molecule has 18 heavy (non-hydrogen) atoms. The first-order valence-corrected chi connectivity index (χ1v) is 5.55. The van der Waals surface area contributed by atoms with Gasteiger partial charge in [-0.05, 0) is 25.5 Å². The Morgan fingerprint density at radius 2 is 2.17 bits per heavy atom. The summed E-state index contributed by atoms with van der Waals surface area (Å²) >= 11 is 0. The molecule has 2 heterocycles. The van der Waals surface area contributed by atoms with Gasteiger partial charge in [-0.3, -0.25) is 24.7 Å².